The first kappa shape index (κ1) is 14.4. The fourth-order valence-electron chi connectivity index (χ4n) is 2.38. The van der Waals surface area contributed by atoms with E-state index in [0.29, 0.717) is 0 Å². The molecule has 4 heteroatoms. The third-order valence-corrected chi connectivity index (χ3v) is 3.52. The van der Waals surface area contributed by atoms with E-state index in [9.17, 15) is 4.39 Å². The van der Waals surface area contributed by atoms with Crippen LogP contribution in [0.3, 0.4) is 0 Å². The number of ether oxygens (including phenoxy) is 1. The first-order chi connectivity index (χ1) is 9.28. The Labute approximate surface area is 114 Å². The Morgan fingerprint density at radius 1 is 1.47 bits per heavy atom. The molecular formula is C15H23FN2O. The van der Waals surface area contributed by atoms with E-state index in [1.165, 1.54) is 6.07 Å². The number of halogens is 1. The molecule has 1 N–H and O–H groups in total. The van der Waals surface area contributed by atoms with Crippen LogP contribution in [0.1, 0.15) is 12.5 Å². The van der Waals surface area contributed by atoms with E-state index in [2.05, 4.69) is 17.1 Å². The van der Waals surface area contributed by atoms with Crippen molar-refractivity contribution < 1.29 is 9.13 Å². The normalized spacial score (nSPS) is 20.6. The average Bonchev–Trinajstić information content (AvgIpc) is 2.44. The van der Waals surface area contributed by atoms with Crippen LogP contribution in [0.5, 0.6) is 0 Å². The summed E-state index contributed by atoms with van der Waals surface area (Å²) < 4.78 is 18.7. The zero-order chi connectivity index (χ0) is 13.5. The van der Waals surface area contributed by atoms with Crippen LogP contribution in [0, 0.1) is 5.82 Å². The predicted molar refractivity (Wildman–Crippen MR) is 74.8 cm³/mol. The maximum absolute atomic E-state index is 13.0. The highest BCUT2D eigenvalue weighted by Crippen LogP contribution is 2.05. The molecule has 106 valence electrons. The van der Waals surface area contributed by atoms with Crippen molar-refractivity contribution in [3.63, 3.8) is 0 Å². The maximum atomic E-state index is 13.0. The van der Waals surface area contributed by atoms with Crippen molar-refractivity contribution in [2.45, 2.75) is 19.4 Å². The van der Waals surface area contributed by atoms with Crippen molar-refractivity contribution in [3.8, 4) is 0 Å². The molecule has 3 nitrogen and oxygen atoms in total. The van der Waals surface area contributed by atoms with E-state index in [1.807, 2.05) is 6.07 Å². The summed E-state index contributed by atoms with van der Waals surface area (Å²) in [5.41, 5.74) is 1.03. The largest absolute Gasteiger partial charge is 0.374 e. The van der Waals surface area contributed by atoms with Gasteiger partial charge in [0.05, 0.1) is 12.7 Å². The summed E-state index contributed by atoms with van der Waals surface area (Å²) >= 11 is 0. The van der Waals surface area contributed by atoms with Crippen molar-refractivity contribution in [1.29, 1.82) is 0 Å². The topological polar surface area (TPSA) is 24.5 Å². The molecule has 1 fully saturated rings. The molecule has 1 aliphatic rings. The molecule has 0 bridgehead atoms. The van der Waals surface area contributed by atoms with Crippen LogP contribution in [0.2, 0.25) is 0 Å². The van der Waals surface area contributed by atoms with Gasteiger partial charge in [-0.2, -0.15) is 0 Å². The van der Waals surface area contributed by atoms with Gasteiger partial charge in [-0.3, -0.25) is 4.90 Å². The van der Waals surface area contributed by atoms with Gasteiger partial charge in [-0.15, -0.1) is 0 Å². The molecule has 0 amide bonds. The van der Waals surface area contributed by atoms with E-state index in [1.54, 1.807) is 12.1 Å². The number of hydrogen-bond donors (Lipinski definition) is 1. The standard InChI is InChI=1S/C15H23FN2O/c1-2-18-8-9-19-15(12-18)11-17-7-6-13-4-3-5-14(16)10-13/h3-5,10,15,17H,2,6-9,11-12H2,1H3. The van der Waals surface area contributed by atoms with Gasteiger partial charge in [0.15, 0.2) is 0 Å². The number of nitrogens with one attached hydrogen (secondary N) is 1. The molecule has 0 radical (unpaired) electrons. The molecule has 0 aromatic heterocycles. The molecule has 1 saturated heterocycles. The van der Waals surface area contributed by atoms with Crippen molar-refractivity contribution in [2.75, 3.05) is 39.3 Å². The minimum atomic E-state index is -0.160. The Hall–Kier alpha value is -0.970. The summed E-state index contributed by atoms with van der Waals surface area (Å²) in [7, 11) is 0. The zero-order valence-corrected chi connectivity index (χ0v) is 11.6. The Morgan fingerprint density at radius 3 is 3.16 bits per heavy atom. The molecule has 1 atom stereocenters. The number of nitrogens with zero attached hydrogens (tertiary/aromatic N) is 1. The lowest BCUT2D eigenvalue weighted by atomic mass is 10.1. The summed E-state index contributed by atoms with van der Waals surface area (Å²) in [5, 5.41) is 3.39. The second-order valence-corrected chi connectivity index (χ2v) is 4.97. The van der Waals surface area contributed by atoms with Gasteiger partial charge >= 0.3 is 0 Å². The molecule has 1 unspecified atom stereocenters. The molecule has 0 aliphatic carbocycles. The van der Waals surface area contributed by atoms with Crippen molar-refractivity contribution >= 4 is 0 Å². The van der Waals surface area contributed by atoms with Crippen LogP contribution in [-0.2, 0) is 11.2 Å². The van der Waals surface area contributed by atoms with Crippen LogP contribution in [0.25, 0.3) is 0 Å². The maximum Gasteiger partial charge on any atom is 0.123 e. The highest BCUT2D eigenvalue weighted by atomic mass is 19.1. The summed E-state index contributed by atoms with van der Waals surface area (Å²) in [4.78, 5) is 2.41. The van der Waals surface area contributed by atoms with E-state index >= 15 is 0 Å². The van der Waals surface area contributed by atoms with Crippen molar-refractivity contribution in [2.24, 2.45) is 0 Å². The molecule has 1 aliphatic heterocycles. The molecule has 19 heavy (non-hydrogen) atoms. The second-order valence-electron chi connectivity index (χ2n) is 4.97. The lowest BCUT2D eigenvalue weighted by molar-refractivity contribution is -0.0251. The zero-order valence-electron chi connectivity index (χ0n) is 11.6. The van der Waals surface area contributed by atoms with Crippen molar-refractivity contribution in [1.82, 2.24) is 10.2 Å². The van der Waals surface area contributed by atoms with Crippen LogP contribution in [0.15, 0.2) is 24.3 Å². The first-order valence-corrected chi connectivity index (χ1v) is 7.07. The third-order valence-electron chi connectivity index (χ3n) is 3.52. The Balaban J connectivity index is 1.64. The summed E-state index contributed by atoms with van der Waals surface area (Å²) in [6.07, 6.45) is 1.13. The van der Waals surface area contributed by atoms with Gasteiger partial charge in [-0.1, -0.05) is 19.1 Å². The summed E-state index contributed by atoms with van der Waals surface area (Å²) in [5.74, 6) is -0.160. The van der Waals surface area contributed by atoms with E-state index in [0.717, 1.165) is 51.3 Å². The number of morpholine rings is 1. The lowest BCUT2D eigenvalue weighted by Gasteiger charge is -2.32. The molecule has 1 heterocycles. The predicted octanol–water partition coefficient (Wildman–Crippen LogP) is 1.68. The molecule has 1 aromatic carbocycles. The van der Waals surface area contributed by atoms with Gasteiger partial charge in [-0.25, -0.2) is 4.39 Å². The van der Waals surface area contributed by atoms with E-state index in [4.69, 9.17) is 4.74 Å². The number of likely N-dealkylation sites (N-methyl/N-ethyl adjacent to an activating group) is 1. The molecular weight excluding hydrogens is 243 g/mol. The summed E-state index contributed by atoms with van der Waals surface area (Å²) in [6, 6.07) is 6.79. The van der Waals surface area contributed by atoms with Crippen LogP contribution in [0.4, 0.5) is 4.39 Å². The van der Waals surface area contributed by atoms with Gasteiger partial charge in [0.2, 0.25) is 0 Å². The lowest BCUT2D eigenvalue weighted by Crippen LogP contribution is -2.46. The van der Waals surface area contributed by atoms with Gasteiger partial charge in [0.25, 0.3) is 0 Å². The van der Waals surface area contributed by atoms with E-state index < -0.39 is 0 Å². The summed E-state index contributed by atoms with van der Waals surface area (Å²) in [6.45, 7) is 7.86. The Bertz CT molecular complexity index is 386. The van der Waals surface area contributed by atoms with Crippen molar-refractivity contribution in [3.05, 3.63) is 35.6 Å². The SMILES string of the molecule is CCN1CCOC(CNCCc2cccc(F)c2)C1. The fraction of sp³-hybridized carbons (Fsp3) is 0.600. The Morgan fingerprint density at radius 2 is 2.37 bits per heavy atom. The second kappa shape index (κ2) is 7.58. The monoisotopic (exact) mass is 266 g/mol. The number of benzene rings is 1. The van der Waals surface area contributed by atoms with Crippen LogP contribution in [-0.4, -0.2) is 50.3 Å². The van der Waals surface area contributed by atoms with Gasteiger partial charge in [0, 0.05) is 19.6 Å². The molecule has 2 rings (SSSR count). The van der Waals surface area contributed by atoms with Gasteiger partial charge in [0.1, 0.15) is 5.82 Å². The minimum Gasteiger partial charge on any atom is -0.374 e. The Kier molecular flexibility index (Phi) is 5.76. The van der Waals surface area contributed by atoms with Crippen LogP contribution >= 0.6 is 0 Å². The highest BCUT2D eigenvalue weighted by Gasteiger charge is 2.18. The number of rotatable bonds is 6. The third kappa shape index (κ3) is 4.90. The molecule has 0 saturated carbocycles. The molecule has 1 aromatic rings. The average molecular weight is 266 g/mol. The highest BCUT2D eigenvalue weighted by molar-refractivity contribution is 5.16. The van der Waals surface area contributed by atoms with Gasteiger partial charge in [-0.05, 0) is 37.2 Å². The van der Waals surface area contributed by atoms with E-state index in [-0.39, 0.29) is 11.9 Å². The number of hydrogen-bond acceptors (Lipinski definition) is 3. The van der Waals surface area contributed by atoms with Crippen LogP contribution < -0.4 is 5.32 Å². The fourth-order valence-corrected chi connectivity index (χ4v) is 2.38. The first-order valence-electron chi connectivity index (χ1n) is 7.07. The smallest absolute Gasteiger partial charge is 0.123 e. The quantitative estimate of drug-likeness (QED) is 0.793. The van der Waals surface area contributed by atoms with Gasteiger partial charge < -0.3 is 10.1 Å². The molecule has 0 spiro atoms. The minimum absolute atomic E-state index is 0.160.